The molecule has 4 nitrogen and oxygen atoms in total. The van der Waals surface area contributed by atoms with Gasteiger partial charge in [-0.25, -0.2) is 0 Å². The van der Waals surface area contributed by atoms with Crippen LogP contribution in [0, 0.1) is 0 Å². The summed E-state index contributed by atoms with van der Waals surface area (Å²) in [6.07, 6.45) is -0.0132. The van der Waals surface area contributed by atoms with Crippen LogP contribution in [0.4, 0.5) is 13.2 Å². The minimum Gasteiger partial charge on any atom is -0.346 e. The second kappa shape index (κ2) is 6.30. The maximum Gasteiger partial charge on any atom is 0.405 e. The standard InChI is InChI=1S/C13H22F3N3O/c1-9(12(20)17-8-13(14,15)16)18-10-4-6-19-5-2-3-11(19)7-10/h9-11,18H,2-8H2,1H3,(H,17,20). The number of hydrogen-bond acceptors (Lipinski definition) is 3. The fourth-order valence-electron chi connectivity index (χ4n) is 3.15. The lowest BCUT2D eigenvalue weighted by Gasteiger charge is -2.36. The molecule has 2 aliphatic rings. The minimum absolute atomic E-state index is 0.223. The van der Waals surface area contributed by atoms with Gasteiger partial charge in [0.15, 0.2) is 0 Å². The molecule has 2 rings (SSSR count). The molecular formula is C13H22F3N3O. The molecule has 0 radical (unpaired) electrons. The Labute approximate surface area is 117 Å². The molecule has 2 fully saturated rings. The Bertz CT molecular complexity index is 348. The van der Waals surface area contributed by atoms with E-state index in [9.17, 15) is 18.0 Å². The van der Waals surface area contributed by atoms with Gasteiger partial charge in [0, 0.05) is 12.1 Å². The highest BCUT2D eigenvalue weighted by Crippen LogP contribution is 2.26. The Morgan fingerprint density at radius 1 is 1.35 bits per heavy atom. The highest BCUT2D eigenvalue weighted by molar-refractivity contribution is 5.81. The average Bonchev–Trinajstić information content (AvgIpc) is 2.82. The summed E-state index contributed by atoms with van der Waals surface area (Å²) in [5.41, 5.74) is 0. The molecule has 116 valence electrons. The van der Waals surface area contributed by atoms with Crippen LogP contribution in [0.5, 0.6) is 0 Å². The van der Waals surface area contributed by atoms with Crippen molar-refractivity contribution in [2.75, 3.05) is 19.6 Å². The van der Waals surface area contributed by atoms with Gasteiger partial charge < -0.3 is 15.5 Å². The molecule has 3 atom stereocenters. The van der Waals surface area contributed by atoms with Crippen LogP contribution in [-0.4, -0.2) is 54.7 Å². The molecule has 2 heterocycles. The second-order valence-corrected chi connectivity index (χ2v) is 5.77. The van der Waals surface area contributed by atoms with Gasteiger partial charge in [-0.1, -0.05) is 0 Å². The van der Waals surface area contributed by atoms with Crippen molar-refractivity contribution in [1.29, 1.82) is 0 Å². The molecule has 0 aromatic rings. The van der Waals surface area contributed by atoms with Gasteiger partial charge in [0.2, 0.25) is 5.91 Å². The number of nitrogens with zero attached hydrogens (tertiary/aromatic N) is 1. The van der Waals surface area contributed by atoms with Crippen molar-refractivity contribution in [2.45, 2.75) is 56.9 Å². The number of piperidine rings is 1. The lowest BCUT2D eigenvalue weighted by atomic mass is 9.97. The number of fused-ring (bicyclic) bond motifs is 1. The first-order valence-corrected chi connectivity index (χ1v) is 7.20. The van der Waals surface area contributed by atoms with Crippen LogP contribution in [0.3, 0.4) is 0 Å². The van der Waals surface area contributed by atoms with E-state index in [1.807, 2.05) is 5.32 Å². The Hall–Kier alpha value is -0.820. The molecule has 0 aliphatic carbocycles. The van der Waals surface area contributed by atoms with Gasteiger partial charge in [0.1, 0.15) is 6.54 Å². The molecule has 0 bridgehead atoms. The van der Waals surface area contributed by atoms with E-state index in [-0.39, 0.29) is 6.04 Å². The van der Waals surface area contributed by atoms with Crippen molar-refractivity contribution in [3.8, 4) is 0 Å². The van der Waals surface area contributed by atoms with E-state index in [0.717, 1.165) is 25.9 Å². The summed E-state index contributed by atoms with van der Waals surface area (Å²) in [5.74, 6) is -0.587. The van der Waals surface area contributed by atoms with E-state index < -0.39 is 24.7 Å². The van der Waals surface area contributed by atoms with Crippen molar-refractivity contribution >= 4 is 5.91 Å². The first-order valence-electron chi connectivity index (χ1n) is 7.20. The first kappa shape index (κ1) is 15.6. The number of hydrogen-bond donors (Lipinski definition) is 2. The fraction of sp³-hybridized carbons (Fsp3) is 0.923. The number of carbonyl (C=O) groups is 1. The number of nitrogens with one attached hydrogen (secondary N) is 2. The molecule has 7 heteroatoms. The molecule has 3 unspecified atom stereocenters. The number of halogens is 3. The molecule has 0 aromatic carbocycles. The van der Waals surface area contributed by atoms with Crippen LogP contribution in [0.25, 0.3) is 0 Å². The van der Waals surface area contributed by atoms with Crippen molar-refractivity contribution in [3.63, 3.8) is 0 Å². The Balaban J connectivity index is 1.73. The zero-order chi connectivity index (χ0) is 14.8. The molecule has 20 heavy (non-hydrogen) atoms. The molecule has 1 amide bonds. The third-order valence-electron chi connectivity index (χ3n) is 4.16. The molecule has 0 saturated carbocycles. The second-order valence-electron chi connectivity index (χ2n) is 5.77. The summed E-state index contributed by atoms with van der Waals surface area (Å²) in [5, 5.41) is 5.08. The quantitative estimate of drug-likeness (QED) is 0.820. The Kier molecular flexibility index (Phi) is 4.90. The lowest BCUT2D eigenvalue weighted by Crippen LogP contribution is -2.52. The van der Waals surface area contributed by atoms with Gasteiger partial charge >= 0.3 is 6.18 Å². The predicted molar refractivity (Wildman–Crippen MR) is 69.3 cm³/mol. The van der Waals surface area contributed by atoms with E-state index >= 15 is 0 Å². The first-order chi connectivity index (χ1) is 9.35. The monoisotopic (exact) mass is 293 g/mol. The molecular weight excluding hydrogens is 271 g/mol. The molecule has 2 aliphatic heterocycles. The van der Waals surface area contributed by atoms with E-state index in [2.05, 4.69) is 10.2 Å². The average molecular weight is 293 g/mol. The summed E-state index contributed by atoms with van der Waals surface area (Å²) in [6.45, 7) is 2.52. The number of alkyl halides is 3. The van der Waals surface area contributed by atoms with Gasteiger partial charge in [0.25, 0.3) is 0 Å². The molecule has 2 N–H and O–H groups in total. The van der Waals surface area contributed by atoms with Crippen molar-refractivity contribution in [3.05, 3.63) is 0 Å². The summed E-state index contributed by atoms with van der Waals surface area (Å²) >= 11 is 0. The minimum atomic E-state index is -4.36. The van der Waals surface area contributed by atoms with Gasteiger partial charge in [-0.2, -0.15) is 13.2 Å². The molecule has 0 spiro atoms. The third kappa shape index (κ3) is 4.34. The van der Waals surface area contributed by atoms with Crippen LogP contribution < -0.4 is 10.6 Å². The maximum atomic E-state index is 12.0. The van der Waals surface area contributed by atoms with Crippen LogP contribution in [0.2, 0.25) is 0 Å². The number of carbonyl (C=O) groups excluding carboxylic acids is 1. The van der Waals surface area contributed by atoms with Crippen molar-refractivity contribution in [2.24, 2.45) is 0 Å². The number of amides is 1. The van der Waals surface area contributed by atoms with Gasteiger partial charge in [-0.15, -0.1) is 0 Å². The zero-order valence-electron chi connectivity index (χ0n) is 11.7. The van der Waals surface area contributed by atoms with E-state index in [1.165, 1.54) is 12.8 Å². The van der Waals surface area contributed by atoms with Crippen LogP contribution in [-0.2, 0) is 4.79 Å². The Morgan fingerprint density at radius 2 is 2.10 bits per heavy atom. The van der Waals surface area contributed by atoms with Gasteiger partial charge in [-0.3, -0.25) is 4.79 Å². The molecule has 0 aromatic heterocycles. The predicted octanol–water partition coefficient (Wildman–Crippen LogP) is 1.27. The maximum absolute atomic E-state index is 12.0. The van der Waals surface area contributed by atoms with E-state index in [1.54, 1.807) is 6.92 Å². The summed E-state index contributed by atoms with van der Waals surface area (Å²) in [6, 6.07) is 0.211. The third-order valence-corrected chi connectivity index (χ3v) is 4.16. The number of rotatable bonds is 4. The zero-order valence-corrected chi connectivity index (χ0v) is 11.7. The topological polar surface area (TPSA) is 44.4 Å². The normalized spacial score (nSPS) is 29.0. The van der Waals surface area contributed by atoms with Crippen LogP contribution >= 0.6 is 0 Å². The highest BCUT2D eigenvalue weighted by Gasteiger charge is 2.33. The SMILES string of the molecule is CC(NC1CCN2CCCC2C1)C(=O)NCC(F)(F)F. The van der Waals surface area contributed by atoms with Gasteiger partial charge in [0.05, 0.1) is 6.04 Å². The smallest absolute Gasteiger partial charge is 0.346 e. The summed E-state index contributed by atoms with van der Waals surface area (Å²) < 4.78 is 36.1. The fourth-order valence-corrected chi connectivity index (χ4v) is 3.15. The lowest BCUT2D eigenvalue weighted by molar-refractivity contribution is -0.139. The largest absolute Gasteiger partial charge is 0.405 e. The van der Waals surface area contributed by atoms with Crippen LogP contribution in [0.15, 0.2) is 0 Å². The summed E-state index contributed by atoms with van der Waals surface area (Å²) in [7, 11) is 0. The van der Waals surface area contributed by atoms with Crippen molar-refractivity contribution < 1.29 is 18.0 Å². The van der Waals surface area contributed by atoms with E-state index in [4.69, 9.17) is 0 Å². The van der Waals surface area contributed by atoms with E-state index in [0.29, 0.717) is 6.04 Å². The molecule has 2 saturated heterocycles. The van der Waals surface area contributed by atoms with Crippen molar-refractivity contribution in [1.82, 2.24) is 15.5 Å². The van der Waals surface area contributed by atoms with Crippen LogP contribution in [0.1, 0.15) is 32.6 Å². The Morgan fingerprint density at radius 3 is 2.80 bits per heavy atom. The summed E-state index contributed by atoms with van der Waals surface area (Å²) in [4.78, 5) is 14.1. The highest BCUT2D eigenvalue weighted by atomic mass is 19.4. The van der Waals surface area contributed by atoms with Gasteiger partial charge in [-0.05, 0) is 45.7 Å².